The maximum atomic E-state index is 5.89. The van der Waals surface area contributed by atoms with Gasteiger partial charge in [0.15, 0.2) is 0 Å². The van der Waals surface area contributed by atoms with Crippen molar-refractivity contribution in [1.82, 2.24) is 15.0 Å². The topological polar surface area (TPSA) is 71.2 Å². The second kappa shape index (κ2) is 7.43. The van der Waals surface area contributed by atoms with Gasteiger partial charge in [0.25, 0.3) is 0 Å². The molecule has 21 heavy (non-hydrogen) atoms. The lowest BCUT2D eigenvalue weighted by atomic mass is 10.1. The SMILES string of the molecule is CCN(CC)c1nc(N)nc(N(C)C2CCCCCC2)n1. The van der Waals surface area contributed by atoms with Crippen LogP contribution < -0.4 is 15.5 Å². The van der Waals surface area contributed by atoms with E-state index in [1.165, 1.54) is 38.5 Å². The first-order valence-corrected chi connectivity index (χ1v) is 8.15. The first kappa shape index (κ1) is 15.8. The van der Waals surface area contributed by atoms with Gasteiger partial charge in [0.2, 0.25) is 17.8 Å². The van der Waals surface area contributed by atoms with Gasteiger partial charge in [-0.15, -0.1) is 0 Å². The van der Waals surface area contributed by atoms with Gasteiger partial charge in [-0.25, -0.2) is 0 Å². The molecule has 0 unspecified atom stereocenters. The fourth-order valence-corrected chi connectivity index (χ4v) is 2.98. The smallest absolute Gasteiger partial charge is 0.231 e. The fraction of sp³-hybridized carbons (Fsp3) is 0.800. The first-order chi connectivity index (χ1) is 10.2. The molecule has 0 aliphatic heterocycles. The van der Waals surface area contributed by atoms with Crippen molar-refractivity contribution in [3.63, 3.8) is 0 Å². The van der Waals surface area contributed by atoms with E-state index in [9.17, 15) is 0 Å². The number of anilines is 3. The van der Waals surface area contributed by atoms with Crippen LogP contribution in [-0.4, -0.2) is 41.1 Å². The third-order valence-corrected chi connectivity index (χ3v) is 4.36. The van der Waals surface area contributed by atoms with Crippen LogP contribution in [0.15, 0.2) is 0 Å². The molecule has 1 saturated carbocycles. The van der Waals surface area contributed by atoms with Crippen LogP contribution in [0.1, 0.15) is 52.4 Å². The van der Waals surface area contributed by atoms with Crippen molar-refractivity contribution in [3.8, 4) is 0 Å². The van der Waals surface area contributed by atoms with Crippen LogP contribution >= 0.6 is 0 Å². The van der Waals surface area contributed by atoms with Crippen molar-refractivity contribution in [1.29, 1.82) is 0 Å². The average molecular weight is 292 g/mol. The molecule has 118 valence electrons. The van der Waals surface area contributed by atoms with Gasteiger partial charge >= 0.3 is 0 Å². The Kier molecular flexibility index (Phi) is 5.59. The highest BCUT2D eigenvalue weighted by Crippen LogP contribution is 2.24. The molecule has 1 aliphatic carbocycles. The van der Waals surface area contributed by atoms with Crippen molar-refractivity contribution in [2.45, 2.75) is 58.4 Å². The van der Waals surface area contributed by atoms with Crippen LogP contribution in [-0.2, 0) is 0 Å². The van der Waals surface area contributed by atoms with Crippen LogP contribution in [0.3, 0.4) is 0 Å². The lowest BCUT2D eigenvalue weighted by Gasteiger charge is -2.28. The summed E-state index contributed by atoms with van der Waals surface area (Å²) in [4.78, 5) is 17.5. The zero-order chi connectivity index (χ0) is 15.2. The number of nitrogen functional groups attached to an aromatic ring is 1. The molecule has 0 saturated heterocycles. The lowest BCUT2D eigenvalue weighted by molar-refractivity contribution is 0.544. The predicted octanol–water partition coefficient (Wildman–Crippen LogP) is 2.46. The molecule has 0 aromatic carbocycles. The summed E-state index contributed by atoms with van der Waals surface area (Å²) >= 11 is 0. The van der Waals surface area contributed by atoms with Gasteiger partial charge in [0, 0.05) is 26.2 Å². The molecule has 0 radical (unpaired) electrons. The summed E-state index contributed by atoms with van der Waals surface area (Å²) in [6.45, 7) is 5.93. The van der Waals surface area contributed by atoms with E-state index in [-0.39, 0.29) is 0 Å². The first-order valence-electron chi connectivity index (χ1n) is 8.15. The maximum Gasteiger partial charge on any atom is 0.231 e. The summed E-state index contributed by atoms with van der Waals surface area (Å²) in [5.41, 5.74) is 5.89. The Bertz CT molecular complexity index is 438. The Labute approximate surface area is 127 Å². The Balaban J connectivity index is 2.21. The van der Waals surface area contributed by atoms with Crippen molar-refractivity contribution < 1.29 is 0 Å². The molecule has 0 amide bonds. The van der Waals surface area contributed by atoms with Gasteiger partial charge < -0.3 is 15.5 Å². The summed E-state index contributed by atoms with van der Waals surface area (Å²) in [5.74, 6) is 1.70. The number of aromatic nitrogens is 3. The molecule has 1 aliphatic rings. The standard InChI is InChI=1S/C15H28N6/c1-4-21(5-2)15-18-13(16)17-14(19-15)20(3)12-10-8-6-7-9-11-12/h12H,4-11H2,1-3H3,(H2,16,17,18,19). The highest BCUT2D eigenvalue weighted by atomic mass is 15.3. The second-order valence-corrected chi connectivity index (χ2v) is 5.72. The summed E-state index contributed by atoms with van der Waals surface area (Å²) < 4.78 is 0. The summed E-state index contributed by atoms with van der Waals surface area (Å²) in [6, 6.07) is 0.513. The molecule has 0 atom stereocenters. The van der Waals surface area contributed by atoms with Gasteiger partial charge in [0.1, 0.15) is 0 Å². The Hall–Kier alpha value is -1.59. The molecule has 1 aromatic heterocycles. The van der Waals surface area contributed by atoms with Crippen molar-refractivity contribution in [2.24, 2.45) is 0 Å². The molecule has 1 aromatic rings. The number of rotatable bonds is 5. The summed E-state index contributed by atoms with van der Waals surface area (Å²) in [5, 5.41) is 0. The molecule has 1 heterocycles. The van der Waals surface area contributed by atoms with Crippen LogP contribution in [0.4, 0.5) is 17.8 Å². The number of hydrogen-bond donors (Lipinski definition) is 1. The van der Waals surface area contributed by atoms with E-state index in [4.69, 9.17) is 5.73 Å². The number of hydrogen-bond acceptors (Lipinski definition) is 6. The van der Waals surface area contributed by atoms with Crippen LogP contribution in [0, 0.1) is 0 Å². The molecule has 6 nitrogen and oxygen atoms in total. The van der Waals surface area contributed by atoms with E-state index >= 15 is 0 Å². The Morgan fingerprint density at radius 3 is 2.10 bits per heavy atom. The van der Waals surface area contributed by atoms with Crippen molar-refractivity contribution in [3.05, 3.63) is 0 Å². The largest absolute Gasteiger partial charge is 0.368 e. The monoisotopic (exact) mass is 292 g/mol. The minimum atomic E-state index is 0.308. The van der Waals surface area contributed by atoms with Gasteiger partial charge in [-0.05, 0) is 26.7 Å². The lowest BCUT2D eigenvalue weighted by Crippen LogP contribution is -2.34. The average Bonchev–Trinajstić information content (AvgIpc) is 2.76. The zero-order valence-corrected chi connectivity index (χ0v) is 13.5. The molecule has 2 rings (SSSR count). The molecular weight excluding hydrogens is 264 g/mol. The predicted molar refractivity (Wildman–Crippen MR) is 87.7 cm³/mol. The van der Waals surface area contributed by atoms with E-state index in [2.05, 4.69) is 45.6 Å². The van der Waals surface area contributed by atoms with Crippen LogP contribution in [0.5, 0.6) is 0 Å². The summed E-state index contributed by atoms with van der Waals surface area (Å²) in [6.07, 6.45) is 7.69. The van der Waals surface area contributed by atoms with Gasteiger partial charge in [-0.1, -0.05) is 25.7 Å². The van der Waals surface area contributed by atoms with Gasteiger partial charge in [-0.3, -0.25) is 0 Å². The Morgan fingerprint density at radius 1 is 0.952 bits per heavy atom. The normalized spacial score (nSPS) is 16.5. The van der Waals surface area contributed by atoms with E-state index in [0.717, 1.165) is 13.1 Å². The number of nitrogens with two attached hydrogens (primary N) is 1. The molecule has 0 bridgehead atoms. The van der Waals surface area contributed by atoms with E-state index in [1.807, 2.05) is 0 Å². The number of nitrogens with zero attached hydrogens (tertiary/aromatic N) is 5. The molecular formula is C15H28N6. The quantitative estimate of drug-likeness (QED) is 0.841. The second-order valence-electron chi connectivity index (χ2n) is 5.72. The zero-order valence-electron chi connectivity index (χ0n) is 13.5. The minimum Gasteiger partial charge on any atom is -0.368 e. The van der Waals surface area contributed by atoms with Gasteiger partial charge in [-0.2, -0.15) is 15.0 Å². The minimum absolute atomic E-state index is 0.308. The highest BCUT2D eigenvalue weighted by molar-refractivity contribution is 5.43. The van der Waals surface area contributed by atoms with E-state index < -0.39 is 0 Å². The van der Waals surface area contributed by atoms with Crippen LogP contribution in [0.2, 0.25) is 0 Å². The molecule has 1 fully saturated rings. The molecule has 2 N–H and O–H groups in total. The van der Waals surface area contributed by atoms with E-state index in [1.54, 1.807) is 0 Å². The molecule has 0 spiro atoms. The van der Waals surface area contributed by atoms with Crippen molar-refractivity contribution in [2.75, 3.05) is 35.7 Å². The van der Waals surface area contributed by atoms with Crippen LogP contribution in [0.25, 0.3) is 0 Å². The molecule has 6 heteroatoms. The Morgan fingerprint density at radius 2 is 1.52 bits per heavy atom. The maximum absolute atomic E-state index is 5.89. The summed E-state index contributed by atoms with van der Waals surface area (Å²) in [7, 11) is 2.08. The third kappa shape index (κ3) is 3.95. The highest BCUT2D eigenvalue weighted by Gasteiger charge is 2.21. The van der Waals surface area contributed by atoms with Crippen molar-refractivity contribution >= 4 is 17.8 Å². The van der Waals surface area contributed by atoms with E-state index in [0.29, 0.717) is 23.9 Å². The van der Waals surface area contributed by atoms with Gasteiger partial charge in [0.05, 0.1) is 0 Å². The fourth-order valence-electron chi connectivity index (χ4n) is 2.98. The third-order valence-electron chi connectivity index (χ3n) is 4.36.